The molecule has 0 aromatic heterocycles. The van der Waals surface area contributed by atoms with Gasteiger partial charge in [-0.25, -0.2) is 4.79 Å². The van der Waals surface area contributed by atoms with Crippen LogP contribution in [0.5, 0.6) is 0 Å². The van der Waals surface area contributed by atoms with Crippen LogP contribution in [0.3, 0.4) is 0 Å². The van der Waals surface area contributed by atoms with Crippen molar-refractivity contribution < 1.29 is 9.53 Å². The molecule has 2 heteroatoms. The molecule has 1 saturated carbocycles. The largest absolute Gasteiger partial charge is 0.454 e. The summed E-state index contributed by atoms with van der Waals surface area (Å²) in [5.74, 6) is 1.06. The molecular weight excluding hydrogens is 212 g/mol. The average Bonchev–Trinajstić information content (AvgIpc) is 2.77. The van der Waals surface area contributed by atoms with Crippen molar-refractivity contribution in [3.05, 3.63) is 48.0 Å². The van der Waals surface area contributed by atoms with E-state index in [4.69, 9.17) is 4.74 Å². The molecule has 2 aliphatic rings. The van der Waals surface area contributed by atoms with Crippen LogP contribution in [-0.2, 0) is 4.74 Å². The van der Waals surface area contributed by atoms with E-state index >= 15 is 0 Å². The first-order valence-electron chi connectivity index (χ1n) is 6.27. The first-order chi connectivity index (χ1) is 8.33. The fourth-order valence-corrected chi connectivity index (χ4v) is 2.85. The summed E-state index contributed by atoms with van der Waals surface area (Å²) in [6.07, 6.45) is 7.90. The molecule has 2 nitrogen and oxygen atoms in total. The molecule has 1 aromatic rings. The van der Waals surface area contributed by atoms with Gasteiger partial charge in [-0.3, -0.25) is 0 Å². The van der Waals surface area contributed by atoms with E-state index in [0.29, 0.717) is 11.5 Å². The van der Waals surface area contributed by atoms with Gasteiger partial charge >= 0.3 is 5.97 Å². The summed E-state index contributed by atoms with van der Waals surface area (Å²) in [6.45, 7) is 0. The maximum atomic E-state index is 11.9. The summed E-state index contributed by atoms with van der Waals surface area (Å²) in [5, 5.41) is 0. The van der Waals surface area contributed by atoms with Crippen LogP contribution in [0.15, 0.2) is 42.5 Å². The predicted octanol–water partition coefficient (Wildman–Crippen LogP) is 3.20. The molecule has 0 N–H and O–H groups in total. The lowest BCUT2D eigenvalue weighted by atomic mass is 9.93. The van der Waals surface area contributed by atoms with Crippen molar-refractivity contribution in [2.24, 2.45) is 11.8 Å². The third kappa shape index (κ3) is 2.12. The van der Waals surface area contributed by atoms with E-state index in [-0.39, 0.29) is 12.1 Å². The lowest BCUT2D eigenvalue weighted by Crippen LogP contribution is -2.25. The Morgan fingerprint density at radius 3 is 2.76 bits per heavy atom. The highest BCUT2D eigenvalue weighted by molar-refractivity contribution is 5.89. The van der Waals surface area contributed by atoms with E-state index in [2.05, 4.69) is 12.2 Å². The maximum absolute atomic E-state index is 11.9. The van der Waals surface area contributed by atoms with E-state index in [1.807, 2.05) is 18.2 Å². The standard InChI is InChI=1S/C15H16O2/c16-15(12-4-2-1-3-5-12)17-14-9-7-11-6-8-13(14)10-11/h1-5,7,9,11,13-14H,6,8,10H2. The number of esters is 1. The molecule has 2 bridgehead atoms. The molecule has 0 amide bonds. The van der Waals surface area contributed by atoms with Crippen molar-refractivity contribution in [1.29, 1.82) is 0 Å². The second kappa shape index (κ2) is 4.36. The zero-order valence-electron chi connectivity index (χ0n) is 9.71. The summed E-state index contributed by atoms with van der Waals surface area (Å²) in [6, 6.07) is 9.22. The third-order valence-corrected chi connectivity index (χ3v) is 3.80. The average molecular weight is 228 g/mol. The van der Waals surface area contributed by atoms with Crippen LogP contribution in [0.4, 0.5) is 0 Å². The third-order valence-electron chi connectivity index (χ3n) is 3.80. The molecule has 3 atom stereocenters. The lowest BCUT2D eigenvalue weighted by Gasteiger charge is -2.23. The monoisotopic (exact) mass is 228 g/mol. The van der Waals surface area contributed by atoms with Gasteiger partial charge in [0.1, 0.15) is 6.10 Å². The second-order valence-electron chi connectivity index (χ2n) is 4.95. The molecule has 1 fully saturated rings. The Morgan fingerprint density at radius 1 is 1.12 bits per heavy atom. The zero-order chi connectivity index (χ0) is 11.7. The highest BCUT2D eigenvalue weighted by Gasteiger charge is 2.34. The molecule has 0 saturated heterocycles. The Balaban J connectivity index is 1.70. The number of ether oxygens (including phenoxy) is 1. The quantitative estimate of drug-likeness (QED) is 0.574. The second-order valence-corrected chi connectivity index (χ2v) is 4.95. The molecule has 1 aromatic carbocycles. The molecule has 0 radical (unpaired) electrons. The van der Waals surface area contributed by atoms with Crippen molar-refractivity contribution in [3.8, 4) is 0 Å². The van der Waals surface area contributed by atoms with Crippen molar-refractivity contribution in [2.45, 2.75) is 25.4 Å². The summed E-state index contributed by atoms with van der Waals surface area (Å²) in [4.78, 5) is 11.9. The highest BCUT2D eigenvalue weighted by atomic mass is 16.5. The molecule has 17 heavy (non-hydrogen) atoms. The Bertz CT molecular complexity index is 435. The van der Waals surface area contributed by atoms with E-state index in [0.717, 1.165) is 5.92 Å². The fourth-order valence-electron chi connectivity index (χ4n) is 2.85. The van der Waals surface area contributed by atoms with Gasteiger partial charge in [-0.05, 0) is 43.4 Å². The Hall–Kier alpha value is -1.57. The number of carbonyl (C=O) groups is 1. The van der Waals surface area contributed by atoms with Crippen LogP contribution in [0.25, 0.3) is 0 Å². The van der Waals surface area contributed by atoms with E-state index in [9.17, 15) is 4.79 Å². The molecule has 0 heterocycles. The Labute approximate surface area is 101 Å². The van der Waals surface area contributed by atoms with E-state index in [1.165, 1.54) is 19.3 Å². The number of fused-ring (bicyclic) bond motifs is 2. The van der Waals surface area contributed by atoms with Gasteiger partial charge < -0.3 is 4.74 Å². The lowest BCUT2D eigenvalue weighted by molar-refractivity contribution is 0.0267. The van der Waals surface area contributed by atoms with Crippen LogP contribution in [0.2, 0.25) is 0 Å². The highest BCUT2D eigenvalue weighted by Crippen LogP contribution is 2.39. The van der Waals surface area contributed by atoms with Gasteiger partial charge in [0.05, 0.1) is 5.56 Å². The van der Waals surface area contributed by atoms with Crippen molar-refractivity contribution >= 4 is 5.97 Å². The van der Waals surface area contributed by atoms with Gasteiger partial charge in [-0.1, -0.05) is 24.3 Å². The van der Waals surface area contributed by atoms with E-state index < -0.39 is 0 Å². The molecular formula is C15H16O2. The summed E-state index contributed by atoms with van der Waals surface area (Å²) in [7, 11) is 0. The molecule has 3 unspecified atom stereocenters. The smallest absolute Gasteiger partial charge is 0.338 e. The fraction of sp³-hybridized carbons (Fsp3) is 0.400. The molecule has 2 aliphatic carbocycles. The summed E-state index contributed by atoms with van der Waals surface area (Å²) >= 11 is 0. The molecule has 88 valence electrons. The molecule has 0 spiro atoms. The van der Waals surface area contributed by atoms with Crippen LogP contribution in [0, 0.1) is 11.8 Å². The number of rotatable bonds is 2. The van der Waals surface area contributed by atoms with Gasteiger partial charge in [0.15, 0.2) is 0 Å². The van der Waals surface area contributed by atoms with Gasteiger partial charge in [0, 0.05) is 5.92 Å². The van der Waals surface area contributed by atoms with Crippen LogP contribution >= 0.6 is 0 Å². The minimum Gasteiger partial charge on any atom is -0.454 e. The summed E-state index contributed by atoms with van der Waals surface area (Å²) in [5.41, 5.74) is 0.640. The summed E-state index contributed by atoms with van der Waals surface area (Å²) < 4.78 is 5.58. The van der Waals surface area contributed by atoms with Gasteiger partial charge in [-0.15, -0.1) is 0 Å². The van der Waals surface area contributed by atoms with Crippen molar-refractivity contribution in [2.75, 3.05) is 0 Å². The predicted molar refractivity (Wildman–Crippen MR) is 65.6 cm³/mol. The number of hydrogen-bond acceptors (Lipinski definition) is 2. The zero-order valence-corrected chi connectivity index (χ0v) is 9.71. The number of hydrogen-bond donors (Lipinski definition) is 0. The normalized spacial score (nSPS) is 30.2. The van der Waals surface area contributed by atoms with Crippen LogP contribution in [0.1, 0.15) is 29.6 Å². The maximum Gasteiger partial charge on any atom is 0.338 e. The topological polar surface area (TPSA) is 26.3 Å². The van der Waals surface area contributed by atoms with Gasteiger partial charge in [0.2, 0.25) is 0 Å². The van der Waals surface area contributed by atoms with Crippen LogP contribution < -0.4 is 0 Å². The molecule has 0 aliphatic heterocycles. The van der Waals surface area contributed by atoms with E-state index in [1.54, 1.807) is 12.1 Å². The number of benzene rings is 1. The Kier molecular flexibility index (Phi) is 2.71. The molecule has 3 rings (SSSR count). The number of carbonyl (C=O) groups excluding carboxylic acids is 1. The van der Waals surface area contributed by atoms with Crippen LogP contribution in [-0.4, -0.2) is 12.1 Å². The van der Waals surface area contributed by atoms with Gasteiger partial charge in [0.25, 0.3) is 0 Å². The minimum atomic E-state index is -0.203. The Morgan fingerprint density at radius 2 is 1.94 bits per heavy atom. The number of allylic oxidation sites excluding steroid dienone is 1. The van der Waals surface area contributed by atoms with Crippen molar-refractivity contribution in [3.63, 3.8) is 0 Å². The SMILES string of the molecule is O=C(OC1C=CC2CCC1C2)c1ccccc1. The van der Waals surface area contributed by atoms with Crippen molar-refractivity contribution in [1.82, 2.24) is 0 Å². The first kappa shape index (κ1) is 10.6. The minimum absolute atomic E-state index is 0.0125. The first-order valence-corrected chi connectivity index (χ1v) is 6.27. The van der Waals surface area contributed by atoms with Gasteiger partial charge in [-0.2, -0.15) is 0 Å².